The Morgan fingerprint density at radius 1 is 1.17 bits per heavy atom. The Hall–Kier alpha value is -2.48. The van der Waals surface area contributed by atoms with Gasteiger partial charge in [-0.15, -0.1) is 0 Å². The van der Waals surface area contributed by atoms with Crippen LogP contribution in [0.1, 0.15) is 11.1 Å². The van der Waals surface area contributed by atoms with Crippen molar-refractivity contribution >= 4 is 35.2 Å². The molecule has 0 bridgehead atoms. The Morgan fingerprint density at radius 3 is 2.30 bits per heavy atom. The Bertz CT molecular complexity index is 773. The van der Waals surface area contributed by atoms with E-state index in [9.17, 15) is 4.79 Å². The largest absolute Gasteiger partial charge is 0.489 e. The summed E-state index contributed by atoms with van der Waals surface area (Å²) in [5.41, 5.74) is 6.35. The highest BCUT2D eigenvalue weighted by molar-refractivity contribution is 6.35. The maximum Gasteiger partial charge on any atom is 0.259 e. The number of nitrogens with two attached hydrogens (primary N) is 1. The van der Waals surface area contributed by atoms with Gasteiger partial charge in [0.25, 0.3) is 5.91 Å². The Morgan fingerprint density at radius 2 is 1.78 bits per heavy atom. The van der Waals surface area contributed by atoms with Crippen molar-refractivity contribution in [3.8, 4) is 11.8 Å². The number of nitriles is 1. The summed E-state index contributed by atoms with van der Waals surface area (Å²) in [5.74, 6) is -0.156. The molecule has 0 saturated carbocycles. The Kier molecular flexibility index (Phi) is 5.64. The van der Waals surface area contributed by atoms with E-state index in [0.717, 1.165) is 0 Å². The first kappa shape index (κ1) is 16.9. The smallest absolute Gasteiger partial charge is 0.259 e. The van der Waals surface area contributed by atoms with E-state index in [-0.39, 0.29) is 12.2 Å². The summed E-state index contributed by atoms with van der Waals surface area (Å²) in [6, 6.07) is 13.9. The number of carbonyl (C=O) groups excluding carboxylic acids is 1. The van der Waals surface area contributed by atoms with E-state index in [4.69, 9.17) is 38.9 Å². The SMILES string of the molecule is N#CC(=Cc1ccc(OCc2c(Cl)cccc2Cl)cc1)C(N)=O. The van der Waals surface area contributed by atoms with Crippen molar-refractivity contribution < 1.29 is 9.53 Å². The number of nitrogens with zero attached hydrogens (tertiary/aromatic N) is 1. The van der Waals surface area contributed by atoms with E-state index in [2.05, 4.69) is 0 Å². The van der Waals surface area contributed by atoms with Crippen molar-refractivity contribution in [3.63, 3.8) is 0 Å². The van der Waals surface area contributed by atoms with Crippen LogP contribution in [0.5, 0.6) is 5.75 Å². The average Bonchev–Trinajstić information content (AvgIpc) is 2.53. The second-order valence-electron chi connectivity index (χ2n) is 4.59. The number of primary amides is 1. The van der Waals surface area contributed by atoms with Gasteiger partial charge in [0.15, 0.2) is 0 Å². The molecule has 0 aliphatic heterocycles. The second-order valence-corrected chi connectivity index (χ2v) is 5.41. The molecule has 2 N–H and O–H groups in total. The quantitative estimate of drug-likeness (QED) is 0.657. The molecule has 0 atom stereocenters. The van der Waals surface area contributed by atoms with Crippen molar-refractivity contribution in [1.82, 2.24) is 0 Å². The number of amides is 1. The van der Waals surface area contributed by atoms with Gasteiger partial charge in [0, 0.05) is 15.6 Å². The molecule has 0 aliphatic rings. The van der Waals surface area contributed by atoms with Crippen molar-refractivity contribution in [1.29, 1.82) is 5.26 Å². The van der Waals surface area contributed by atoms with Crippen LogP contribution in [0, 0.1) is 11.3 Å². The topological polar surface area (TPSA) is 76.1 Å². The van der Waals surface area contributed by atoms with Crippen LogP contribution < -0.4 is 10.5 Å². The molecule has 0 aromatic heterocycles. The summed E-state index contributed by atoms with van der Waals surface area (Å²) < 4.78 is 5.64. The molecule has 1 amide bonds. The third-order valence-electron chi connectivity index (χ3n) is 3.02. The minimum Gasteiger partial charge on any atom is -0.489 e. The van der Waals surface area contributed by atoms with Crippen LogP contribution in [0.4, 0.5) is 0 Å². The molecule has 0 unspecified atom stereocenters. The van der Waals surface area contributed by atoms with Crippen molar-refractivity contribution in [2.24, 2.45) is 5.73 Å². The van der Waals surface area contributed by atoms with Gasteiger partial charge in [0.1, 0.15) is 24.0 Å². The Labute approximate surface area is 143 Å². The van der Waals surface area contributed by atoms with Gasteiger partial charge in [0.05, 0.1) is 0 Å². The lowest BCUT2D eigenvalue weighted by Crippen LogP contribution is -2.12. The van der Waals surface area contributed by atoms with Crippen LogP contribution in [-0.2, 0) is 11.4 Å². The third-order valence-corrected chi connectivity index (χ3v) is 3.73. The van der Waals surface area contributed by atoms with Gasteiger partial charge < -0.3 is 10.5 Å². The first-order valence-electron chi connectivity index (χ1n) is 6.58. The number of carbonyl (C=O) groups is 1. The van der Waals surface area contributed by atoms with E-state index in [1.54, 1.807) is 48.5 Å². The van der Waals surface area contributed by atoms with Crippen LogP contribution in [0.25, 0.3) is 6.08 Å². The summed E-state index contributed by atoms with van der Waals surface area (Å²) in [7, 11) is 0. The molecule has 0 radical (unpaired) electrons. The molecule has 0 spiro atoms. The summed E-state index contributed by atoms with van der Waals surface area (Å²) in [5, 5.41) is 9.88. The predicted molar refractivity (Wildman–Crippen MR) is 90.0 cm³/mol. The fourth-order valence-electron chi connectivity index (χ4n) is 1.81. The third kappa shape index (κ3) is 4.49. The minimum absolute atomic E-state index is 0.110. The van der Waals surface area contributed by atoms with E-state index in [0.29, 0.717) is 26.9 Å². The van der Waals surface area contributed by atoms with Gasteiger partial charge in [-0.3, -0.25) is 4.79 Å². The fourth-order valence-corrected chi connectivity index (χ4v) is 2.32. The molecule has 6 heteroatoms. The summed E-state index contributed by atoms with van der Waals surface area (Å²) >= 11 is 12.2. The molecule has 2 aromatic rings. The highest BCUT2D eigenvalue weighted by Crippen LogP contribution is 2.26. The van der Waals surface area contributed by atoms with Gasteiger partial charge in [-0.2, -0.15) is 5.26 Å². The summed E-state index contributed by atoms with van der Waals surface area (Å²) in [6.45, 7) is 0.235. The monoisotopic (exact) mass is 346 g/mol. The van der Waals surface area contributed by atoms with Crippen LogP contribution >= 0.6 is 23.2 Å². The first-order valence-corrected chi connectivity index (χ1v) is 7.34. The minimum atomic E-state index is -0.763. The molecule has 0 fully saturated rings. The number of benzene rings is 2. The van der Waals surface area contributed by atoms with Crippen molar-refractivity contribution in [3.05, 3.63) is 69.2 Å². The lowest BCUT2D eigenvalue weighted by atomic mass is 10.1. The predicted octanol–water partition coefficient (Wildman–Crippen LogP) is 3.96. The number of hydrogen-bond donors (Lipinski definition) is 1. The fraction of sp³-hybridized carbons (Fsp3) is 0.0588. The van der Waals surface area contributed by atoms with Crippen molar-refractivity contribution in [2.75, 3.05) is 0 Å². The van der Waals surface area contributed by atoms with Crippen LogP contribution in [-0.4, -0.2) is 5.91 Å². The summed E-state index contributed by atoms with van der Waals surface area (Å²) in [6.07, 6.45) is 1.41. The Balaban J connectivity index is 2.09. The van der Waals surface area contributed by atoms with E-state index < -0.39 is 5.91 Å². The standard InChI is InChI=1S/C17H12Cl2N2O2/c18-15-2-1-3-16(19)14(15)10-23-13-6-4-11(5-7-13)8-12(9-20)17(21)22/h1-8H,10H2,(H2,21,22). The molecule has 23 heavy (non-hydrogen) atoms. The van der Waals surface area contributed by atoms with Gasteiger partial charge >= 0.3 is 0 Å². The highest BCUT2D eigenvalue weighted by atomic mass is 35.5. The molecular weight excluding hydrogens is 335 g/mol. The number of ether oxygens (including phenoxy) is 1. The van der Waals surface area contributed by atoms with E-state index in [1.165, 1.54) is 6.08 Å². The molecule has 2 aromatic carbocycles. The molecule has 0 heterocycles. The maximum absolute atomic E-state index is 11.0. The number of rotatable bonds is 5. The number of hydrogen-bond acceptors (Lipinski definition) is 3. The first-order chi connectivity index (χ1) is 11.0. The zero-order valence-corrected chi connectivity index (χ0v) is 13.4. The summed E-state index contributed by atoms with van der Waals surface area (Å²) in [4.78, 5) is 11.0. The van der Waals surface area contributed by atoms with Gasteiger partial charge in [-0.25, -0.2) is 0 Å². The average molecular weight is 347 g/mol. The zero-order chi connectivity index (χ0) is 16.8. The molecule has 116 valence electrons. The van der Waals surface area contributed by atoms with Crippen LogP contribution in [0.15, 0.2) is 48.0 Å². The number of halogens is 2. The second kappa shape index (κ2) is 7.68. The van der Waals surface area contributed by atoms with Gasteiger partial charge in [-0.05, 0) is 35.9 Å². The van der Waals surface area contributed by atoms with Gasteiger partial charge in [0.2, 0.25) is 0 Å². The molecule has 4 nitrogen and oxygen atoms in total. The van der Waals surface area contributed by atoms with Crippen molar-refractivity contribution in [2.45, 2.75) is 6.61 Å². The molecule has 0 saturated heterocycles. The molecule has 0 aliphatic carbocycles. The van der Waals surface area contributed by atoms with E-state index >= 15 is 0 Å². The lowest BCUT2D eigenvalue weighted by molar-refractivity contribution is -0.114. The van der Waals surface area contributed by atoms with Gasteiger partial charge in [-0.1, -0.05) is 41.4 Å². The highest BCUT2D eigenvalue weighted by Gasteiger charge is 2.07. The van der Waals surface area contributed by atoms with Crippen LogP contribution in [0.3, 0.4) is 0 Å². The normalized spacial score (nSPS) is 10.9. The molecular formula is C17H12Cl2N2O2. The lowest BCUT2D eigenvalue weighted by Gasteiger charge is -2.09. The maximum atomic E-state index is 11.0. The van der Waals surface area contributed by atoms with E-state index in [1.807, 2.05) is 0 Å². The zero-order valence-electron chi connectivity index (χ0n) is 11.9. The molecule has 2 rings (SSSR count). The van der Waals surface area contributed by atoms with Crippen LogP contribution in [0.2, 0.25) is 10.0 Å².